The van der Waals surface area contributed by atoms with Crippen LogP contribution >= 0.6 is 0 Å². The van der Waals surface area contributed by atoms with Crippen LogP contribution in [-0.4, -0.2) is 23.9 Å². The van der Waals surface area contributed by atoms with Crippen LogP contribution in [0.3, 0.4) is 0 Å². The Morgan fingerprint density at radius 1 is 1.33 bits per heavy atom. The van der Waals surface area contributed by atoms with Crippen LogP contribution < -0.4 is 10.1 Å². The summed E-state index contributed by atoms with van der Waals surface area (Å²) >= 11 is 0. The maximum absolute atomic E-state index is 13.6. The number of nitrogens with zero attached hydrogens (tertiary/aromatic N) is 2. The first kappa shape index (κ1) is 15.5. The zero-order chi connectivity index (χ0) is 15.6. The molecule has 0 aliphatic rings. The maximum Gasteiger partial charge on any atom is 0.161 e. The molecule has 0 saturated carbocycles. The Labute approximate surface area is 124 Å². The molecule has 1 aromatic heterocycles. The molecule has 0 aliphatic carbocycles. The van der Waals surface area contributed by atoms with Gasteiger partial charge in [0.2, 0.25) is 0 Å². The SMILES string of the molecule is CNC(c1cc(F)ccc1C)c1c(OC)cnn1C(C)C. The van der Waals surface area contributed by atoms with Crippen LogP contribution in [0.15, 0.2) is 24.4 Å². The van der Waals surface area contributed by atoms with Gasteiger partial charge in [0, 0.05) is 6.04 Å². The quantitative estimate of drug-likeness (QED) is 0.919. The van der Waals surface area contributed by atoms with E-state index in [0.717, 1.165) is 16.8 Å². The predicted molar refractivity (Wildman–Crippen MR) is 81.2 cm³/mol. The predicted octanol–water partition coefficient (Wildman–Crippen LogP) is 3.23. The number of ether oxygens (including phenoxy) is 1. The van der Waals surface area contributed by atoms with Crippen molar-refractivity contribution in [2.75, 3.05) is 14.2 Å². The van der Waals surface area contributed by atoms with Gasteiger partial charge in [0.1, 0.15) is 11.5 Å². The molecule has 21 heavy (non-hydrogen) atoms. The Morgan fingerprint density at radius 3 is 2.62 bits per heavy atom. The summed E-state index contributed by atoms with van der Waals surface area (Å²) in [6.07, 6.45) is 1.70. The van der Waals surface area contributed by atoms with Crippen molar-refractivity contribution in [3.8, 4) is 5.75 Å². The Balaban J connectivity index is 2.61. The summed E-state index contributed by atoms with van der Waals surface area (Å²) in [6, 6.07) is 4.84. The Hall–Kier alpha value is -1.88. The second-order valence-electron chi connectivity index (χ2n) is 5.36. The summed E-state index contributed by atoms with van der Waals surface area (Å²) in [5, 5.41) is 7.64. The van der Waals surface area contributed by atoms with E-state index in [0.29, 0.717) is 5.75 Å². The van der Waals surface area contributed by atoms with Gasteiger partial charge in [-0.25, -0.2) is 4.39 Å². The van der Waals surface area contributed by atoms with Gasteiger partial charge >= 0.3 is 0 Å². The summed E-state index contributed by atoms with van der Waals surface area (Å²) in [7, 11) is 3.47. The van der Waals surface area contributed by atoms with Crippen molar-refractivity contribution in [1.82, 2.24) is 15.1 Å². The highest BCUT2D eigenvalue weighted by atomic mass is 19.1. The monoisotopic (exact) mass is 291 g/mol. The zero-order valence-electron chi connectivity index (χ0n) is 13.1. The molecule has 0 bridgehead atoms. The van der Waals surface area contributed by atoms with E-state index in [2.05, 4.69) is 24.3 Å². The smallest absolute Gasteiger partial charge is 0.161 e. The highest BCUT2D eigenvalue weighted by molar-refractivity contribution is 5.40. The number of methoxy groups -OCH3 is 1. The molecule has 0 spiro atoms. The van der Waals surface area contributed by atoms with Gasteiger partial charge in [-0.3, -0.25) is 4.68 Å². The topological polar surface area (TPSA) is 39.1 Å². The van der Waals surface area contributed by atoms with Gasteiger partial charge in [-0.2, -0.15) is 5.10 Å². The summed E-state index contributed by atoms with van der Waals surface area (Å²) < 4.78 is 21.0. The van der Waals surface area contributed by atoms with Crippen LogP contribution in [0, 0.1) is 12.7 Å². The van der Waals surface area contributed by atoms with Crippen LogP contribution in [0.2, 0.25) is 0 Å². The molecular weight excluding hydrogens is 269 g/mol. The molecule has 114 valence electrons. The van der Waals surface area contributed by atoms with Gasteiger partial charge in [-0.15, -0.1) is 0 Å². The summed E-state index contributed by atoms with van der Waals surface area (Å²) in [6.45, 7) is 6.09. The average molecular weight is 291 g/mol. The van der Waals surface area contributed by atoms with Gasteiger partial charge < -0.3 is 10.1 Å². The maximum atomic E-state index is 13.6. The van der Waals surface area contributed by atoms with Gasteiger partial charge in [0.25, 0.3) is 0 Å². The lowest BCUT2D eigenvalue weighted by Gasteiger charge is -2.23. The number of benzene rings is 1. The van der Waals surface area contributed by atoms with Crippen molar-refractivity contribution in [3.63, 3.8) is 0 Å². The van der Waals surface area contributed by atoms with Gasteiger partial charge in [-0.1, -0.05) is 6.07 Å². The molecule has 0 amide bonds. The van der Waals surface area contributed by atoms with E-state index in [1.165, 1.54) is 6.07 Å². The highest BCUT2D eigenvalue weighted by Crippen LogP contribution is 2.33. The molecule has 1 aromatic carbocycles. The molecule has 1 atom stereocenters. The van der Waals surface area contributed by atoms with E-state index in [-0.39, 0.29) is 17.9 Å². The number of rotatable bonds is 5. The van der Waals surface area contributed by atoms with Crippen LogP contribution in [-0.2, 0) is 0 Å². The molecule has 1 unspecified atom stereocenters. The van der Waals surface area contributed by atoms with Crippen LogP contribution in [0.4, 0.5) is 4.39 Å². The first-order valence-corrected chi connectivity index (χ1v) is 7.04. The third kappa shape index (κ3) is 2.93. The molecule has 0 fully saturated rings. The fourth-order valence-corrected chi connectivity index (χ4v) is 2.56. The number of halogens is 1. The number of nitrogens with one attached hydrogen (secondary N) is 1. The van der Waals surface area contributed by atoms with Gasteiger partial charge in [0.05, 0.1) is 19.3 Å². The zero-order valence-corrected chi connectivity index (χ0v) is 13.1. The number of aromatic nitrogens is 2. The Morgan fingerprint density at radius 2 is 2.05 bits per heavy atom. The summed E-state index contributed by atoms with van der Waals surface area (Å²) in [5.41, 5.74) is 2.82. The number of hydrogen-bond donors (Lipinski definition) is 1. The lowest BCUT2D eigenvalue weighted by molar-refractivity contribution is 0.396. The van der Waals surface area contributed by atoms with E-state index in [9.17, 15) is 4.39 Å². The van der Waals surface area contributed by atoms with Crippen molar-refractivity contribution in [3.05, 3.63) is 47.0 Å². The third-order valence-corrected chi connectivity index (χ3v) is 3.62. The van der Waals surface area contributed by atoms with Crippen molar-refractivity contribution in [2.24, 2.45) is 0 Å². The second kappa shape index (κ2) is 6.26. The minimum atomic E-state index is -0.245. The lowest BCUT2D eigenvalue weighted by atomic mass is 9.98. The number of hydrogen-bond acceptors (Lipinski definition) is 3. The van der Waals surface area contributed by atoms with Crippen LogP contribution in [0.1, 0.15) is 42.8 Å². The highest BCUT2D eigenvalue weighted by Gasteiger charge is 2.25. The Kier molecular flexibility index (Phi) is 4.63. The Bertz CT molecular complexity index is 622. The lowest BCUT2D eigenvalue weighted by Crippen LogP contribution is -2.24. The third-order valence-electron chi connectivity index (χ3n) is 3.62. The molecular formula is C16H22FN3O. The molecule has 0 aliphatic heterocycles. The first-order chi connectivity index (χ1) is 9.99. The summed E-state index contributed by atoms with van der Waals surface area (Å²) in [4.78, 5) is 0. The second-order valence-corrected chi connectivity index (χ2v) is 5.36. The molecule has 5 heteroatoms. The molecule has 1 heterocycles. The van der Waals surface area contributed by atoms with Gasteiger partial charge in [0.15, 0.2) is 5.75 Å². The molecule has 2 aromatic rings. The fourth-order valence-electron chi connectivity index (χ4n) is 2.56. The van der Waals surface area contributed by atoms with E-state index in [1.807, 2.05) is 18.7 Å². The largest absolute Gasteiger partial charge is 0.493 e. The molecule has 0 saturated heterocycles. The van der Waals surface area contributed by atoms with E-state index < -0.39 is 0 Å². The van der Waals surface area contributed by atoms with Crippen molar-refractivity contribution < 1.29 is 9.13 Å². The van der Waals surface area contributed by atoms with Crippen LogP contribution in [0.25, 0.3) is 0 Å². The van der Waals surface area contributed by atoms with E-state index >= 15 is 0 Å². The van der Waals surface area contributed by atoms with Crippen molar-refractivity contribution >= 4 is 0 Å². The van der Waals surface area contributed by atoms with E-state index in [1.54, 1.807) is 25.4 Å². The standard InChI is InChI=1S/C16H22FN3O/c1-10(2)20-16(14(21-5)9-19-20)15(18-4)13-8-12(17)7-6-11(13)3/h6-10,15,18H,1-5H3. The van der Waals surface area contributed by atoms with Crippen molar-refractivity contribution in [1.29, 1.82) is 0 Å². The minimum Gasteiger partial charge on any atom is -0.493 e. The molecule has 1 N–H and O–H groups in total. The minimum absolute atomic E-state index is 0.180. The first-order valence-electron chi connectivity index (χ1n) is 7.04. The summed E-state index contributed by atoms with van der Waals surface area (Å²) in [5.74, 6) is 0.456. The molecule has 4 nitrogen and oxygen atoms in total. The van der Waals surface area contributed by atoms with E-state index in [4.69, 9.17) is 4.74 Å². The average Bonchev–Trinajstić information content (AvgIpc) is 2.87. The fraction of sp³-hybridized carbons (Fsp3) is 0.438. The van der Waals surface area contributed by atoms with Gasteiger partial charge in [-0.05, 0) is 51.1 Å². The number of aryl methyl sites for hydroxylation is 1. The van der Waals surface area contributed by atoms with Crippen molar-refractivity contribution in [2.45, 2.75) is 32.9 Å². The molecule has 2 rings (SSSR count). The normalized spacial score (nSPS) is 12.7. The van der Waals surface area contributed by atoms with Crippen LogP contribution in [0.5, 0.6) is 5.75 Å². The molecule has 0 radical (unpaired) electrons.